The van der Waals surface area contributed by atoms with Gasteiger partial charge in [0.15, 0.2) is 0 Å². The van der Waals surface area contributed by atoms with E-state index in [1.165, 1.54) is 25.8 Å². The van der Waals surface area contributed by atoms with E-state index < -0.39 is 0 Å². The van der Waals surface area contributed by atoms with Gasteiger partial charge in [-0.15, -0.1) is 0 Å². The fourth-order valence-corrected chi connectivity index (χ4v) is 1.78. The summed E-state index contributed by atoms with van der Waals surface area (Å²) < 4.78 is 2.05. The summed E-state index contributed by atoms with van der Waals surface area (Å²) in [4.78, 5) is 0. The van der Waals surface area contributed by atoms with Gasteiger partial charge in [0.05, 0.1) is 0 Å². The van der Waals surface area contributed by atoms with Gasteiger partial charge in [-0.2, -0.15) is 0 Å². The smallest absolute Gasteiger partial charge is 0.0436 e. The predicted molar refractivity (Wildman–Crippen MR) is 54.3 cm³/mol. The molecule has 1 aliphatic heterocycles. The second kappa shape index (κ2) is 4.33. The molecule has 0 spiro atoms. The van der Waals surface area contributed by atoms with Crippen molar-refractivity contribution in [1.82, 2.24) is 9.99 Å². The molecule has 1 aromatic heterocycles. The number of hydrogen-bond acceptors (Lipinski definition) is 2. The Bertz CT molecular complexity index is 222. The molecule has 0 amide bonds. The van der Waals surface area contributed by atoms with Crippen LogP contribution in [-0.4, -0.2) is 23.8 Å². The fourth-order valence-electron chi connectivity index (χ4n) is 1.78. The lowest BCUT2D eigenvalue weighted by atomic mass is 10.1. The molecule has 72 valence electrons. The minimum atomic E-state index is 0.627. The zero-order valence-corrected chi connectivity index (χ0v) is 7.87. The molecule has 1 unspecified atom stereocenters. The van der Waals surface area contributed by atoms with E-state index >= 15 is 0 Å². The van der Waals surface area contributed by atoms with Crippen molar-refractivity contribution in [2.24, 2.45) is 0 Å². The van der Waals surface area contributed by atoms with Crippen LogP contribution in [0.5, 0.6) is 0 Å². The highest BCUT2D eigenvalue weighted by Crippen LogP contribution is 2.06. The molecular formula is C10H17N3. The van der Waals surface area contributed by atoms with E-state index in [1.807, 2.05) is 12.1 Å². The summed E-state index contributed by atoms with van der Waals surface area (Å²) in [5.74, 6) is 0. The van der Waals surface area contributed by atoms with Crippen LogP contribution in [0.3, 0.4) is 0 Å². The third-order valence-electron chi connectivity index (χ3n) is 2.51. The van der Waals surface area contributed by atoms with Gasteiger partial charge in [-0.25, -0.2) is 0 Å². The van der Waals surface area contributed by atoms with Gasteiger partial charge < -0.3 is 10.7 Å². The molecule has 0 bridgehead atoms. The number of aromatic nitrogens is 1. The van der Waals surface area contributed by atoms with E-state index in [2.05, 4.69) is 27.8 Å². The molecule has 1 aliphatic rings. The maximum absolute atomic E-state index is 3.48. The first kappa shape index (κ1) is 8.63. The average molecular weight is 179 g/mol. The van der Waals surface area contributed by atoms with Gasteiger partial charge in [-0.3, -0.25) is 4.68 Å². The first-order valence-electron chi connectivity index (χ1n) is 5.05. The van der Waals surface area contributed by atoms with Gasteiger partial charge in [0.2, 0.25) is 0 Å². The Morgan fingerprint density at radius 3 is 2.85 bits per heavy atom. The number of rotatable bonds is 2. The average Bonchev–Trinajstić information content (AvgIpc) is 2.49. The van der Waals surface area contributed by atoms with Crippen LogP contribution in [0.15, 0.2) is 24.5 Å². The standard InChI is InChI=1S/C10H17N3/c1-2-9-13(8-1)12-10-4-3-6-11-7-5-10/h1-2,8-12H,3-7H2. The zero-order valence-electron chi connectivity index (χ0n) is 7.87. The molecule has 3 nitrogen and oxygen atoms in total. The Balaban J connectivity index is 1.86. The molecule has 2 N–H and O–H groups in total. The van der Waals surface area contributed by atoms with E-state index in [-0.39, 0.29) is 0 Å². The van der Waals surface area contributed by atoms with Gasteiger partial charge >= 0.3 is 0 Å². The third-order valence-corrected chi connectivity index (χ3v) is 2.51. The Kier molecular flexibility index (Phi) is 2.87. The van der Waals surface area contributed by atoms with Crippen LogP contribution in [0.1, 0.15) is 19.3 Å². The lowest BCUT2D eigenvalue weighted by Crippen LogP contribution is -2.27. The molecule has 3 heteroatoms. The van der Waals surface area contributed by atoms with Crippen molar-refractivity contribution in [3.05, 3.63) is 24.5 Å². The van der Waals surface area contributed by atoms with Crippen LogP contribution < -0.4 is 10.7 Å². The first-order valence-corrected chi connectivity index (χ1v) is 5.05. The Labute approximate surface area is 79.1 Å². The summed E-state index contributed by atoms with van der Waals surface area (Å²) in [6.07, 6.45) is 7.87. The van der Waals surface area contributed by atoms with Crippen molar-refractivity contribution in [3.8, 4) is 0 Å². The summed E-state index contributed by atoms with van der Waals surface area (Å²) in [5.41, 5.74) is 3.48. The van der Waals surface area contributed by atoms with E-state index in [0.29, 0.717) is 6.04 Å². The predicted octanol–water partition coefficient (Wildman–Crippen LogP) is 1.17. The van der Waals surface area contributed by atoms with Crippen molar-refractivity contribution in [2.75, 3.05) is 18.5 Å². The van der Waals surface area contributed by atoms with Gasteiger partial charge in [0, 0.05) is 18.4 Å². The van der Waals surface area contributed by atoms with Crippen LogP contribution in [0.2, 0.25) is 0 Å². The maximum atomic E-state index is 3.48. The molecule has 2 heterocycles. The van der Waals surface area contributed by atoms with Crippen molar-refractivity contribution in [3.63, 3.8) is 0 Å². The number of nitrogens with one attached hydrogen (secondary N) is 2. The Morgan fingerprint density at radius 1 is 1.15 bits per heavy atom. The van der Waals surface area contributed by atoms with Crippen LogP contribution >= 0.6 is 0 Å². The zero-order chi connectivity index (χ0) is 8.93. The molecule has 1 saturated heterocycles. The quantitative estimate of drug-likeness (QED) is 0.713. The highest BCUT2D eigenvalue weighted by Gasteiger charge is 2.10. The van der Waals surface area contributed by atoms with Crippen LogP contribution in [0.4, 0.5) is 0 Å². The summed E-state index contributed by atoms with van der Waals surface area (Å²) in [7, 11) is 0. The van der Waals surface area contributed by atoms with Crippen molar-refractivity contribution < 1.29 is 0 Å². The molecular weight excluding hydrogens is 162 g/mol. The molecule has 0 saturated carbocycles. The molecule has 1 fully saturated rings. The van der Waals surface area contributed by atoms with E-state index in [9.17, 15) is 0 Å². The van der Waals surface area contributed by atoms with Crippen molar-refractivity contribution in [1.29, 1.82) is 0 Å². The molecule has 0 aromatic carbocycles. The summed E-state index contributed by atoms with van der Waals surface area (Å²) in [6.45, 7) is 2.31. The second-order valence-corrected chi connectivity index (χ2v) is 3.60. The largest absolute Gasteiger partial charge is 0.323 e. The highest BCUT2D eigenvalue weighted by atomic mass is 15.4. The fraction of sp³-hybridized carbons (Fsp3) is 0.600. The van der Waals surface area contributed by atoms with Crippen molar-refractivity contribution >= 4 is 0 Å². The number of hydrogen-bond donors (Lipinski definition) is 2. The molecule has 1 aromatic rings. The summed E-state index contributed by atoms with van der Waals surface area (Å²) >= 11 is 0. The van der Waals surface area contributed by atoms with Crippen LogP contribution in [-0.2, 0) is 0 Å². The van der Waals surface area contributed by atoms with E-state index in [1.54, 1.807) is 0 Å². The Morgan fingerprint density at radius 2 is 2.00 bits per heavy atom. The SMILES string of the molecule is c1ccn(NC2CCCNCC2)c1. The molecule has 1 atom stereocenters. The van der Waals surface area contributed by atoms with E-state index in [4.69, 9.17) is 0 Å². The van der Waals surface area contributed by atoms with Gasteiger partial charge in [-0.1, -0.05) is 0 Å². The normalized spacial score (nSPS) is 23.8. The maximum Gasteiger partial charge on any atom is 0.0436 e. The molecule has 0 aliphatic carbocycles. The van der Waals surface area contributed by atoms with Gasteiger partial charge in [0.25, 0.3) is 0 Å². The monoisotopic (exact) mass is 179 g/mol. The van der Waals surface area contributed by atoms with Crippen LogP contribution in [0, 0.1) is 0 Å². The minimum Gasteiger partial charge on any atom is -0.323 e. The molecule has 2 rings (SSSR count). The summed E-state index contributed by atoms with van der Waals surface area (Å²) in [6, 6.07) is 4.71. The lowest BCUT2D eigenvalue weighted by molar-refractivity contribution is 0.578. The van der Waals surface area contributed by atoms with Gasteiger partial charge in [-0.05, 0) is 44.5 Å². The Hall–Kier alpha value is -0.960. The third kappa shape index (κ3) is 2.49. The van der Waals surface area contributed by atoms with Crippen molar-refractivity contribution in [2.45, 2.75) is 25.3 Å². The first-order chi connectivity index (χ1) is 6.45. The van der Waals surface area contributed by atoms with Gasteiger partial charge in [0.1, 0.15) is 0 Å². The lowest BCUT2D eigenvalue weighted by Gasteiger charge is -2.17. The summed E-state index contributed by atoms with van der Waals surface area (Å²) in [5, 5.41) is 3.41. The number of nitrogens with zero attached hydrogens (tertiary/aromatic N) is 1. The molecule has 0 radical (unpaired) electrons. The highest BCUT2D eigenvalue weighted by molar-refractivity contribution is 4.95. The molecule has 13 heavy (non-hydrogen) atoms. The van der Waals surface area contributed by atoms with E-state index in [0.717, 1.165) is 6.54 Å². The van der Waals surface area contributed by atoms with Crippen LogP contribution in [0.25, 0.3) is 0 Å². The minimum absolute atomic E-state index is 0.627. The second-order valence-electron chi connectivity index (χ2n) is 3.60. The topological polar surface area (TPSA) is 29.0 Å².